The number of nitrogens with one attached hydrogen (secondary N) is 1. The van der Waals surface area contributed by atoms with Crippen molar-refractivity contribution in [2.75, 3.05) is 6.54 Å². The van der Waals surface area contributed by atoms with Gasteiger partial charge in [-0.2, -0.15) is 0 Å². The maximum absolute atomic E-state index is 9.70. The first-order valence-electron chi connectivity index (χ1n) is 4.82. The second-order valence-corrected chi connectivity index (χ2v) is 3.63. The Morgan fingerprint density at radius 2 is 2.15 bits per heavy atom. The van der Waals surface area contributed by atoms with Crippen LogP contribution in [-0.4, -0.2) is 11.7 Å². The third kappa shape index (κ3) is 1.22. The first-order chi connectivity index (χ1) is 6.28. The molecule has 1 aliphatic heterocycles. The summed E-state index contributed by atoms with van der Waals surface area (Å²) in [5.41, 5.74) is 1.09. The van der Waals surface area contributed by atoms with Crippen molar-refractivity contribution in [1.29, 1.82) is 0 Å². The van der Waals surface area contributed by atoms with Crippen molar-refractivity contribution in [3.05, 3.63) is 29.8 Å². The molecular weight excluding hydrogens is 162 g/mol. The minimum Gasteiger partial charge on any atom is -0.508 e. The lowest BCUT2D eigenvalue weighted by molar-refractivity contribution is 0.195. The smallest absolute Gasteiger partial charge is 0.120 e. The molecule has 1 fully saturated rings. The van der Waals surface area contributed by atoms with Crippen LogP contribution in [0, 0.1) is 0 Å². The lowest BCUT2D eigenvalue weighted by Crippen LogP contribution is -2.53. The summed E-state index contributed by atoms with van der Waals surface area (Å²) >= 11 is 0. The van der Waals surface area contributed by atoms with E-state index in [1.165, 1.54) is 0 Å². The van der Waals surface area contributed by atoms with Crippen molar-refractivity contribution in [3.8, 4) is 5.75 Å². The van der Waals surface area contributed by atoms with Crippen LogP contribution < -0.4 is 5.32 Å². The van der Waals surface area contributed by atoms with E-state index in [9.17, 15) is 5.11 Å². The van der Waals surface area contributed by atoms with Crippen LogP contribution in [-0.2, 0) is 5.54 Å². The van der Waals surface area contributed by atoms with E-state index in [1.54, 1.807) is 6.07 Å². The normalized spacial score (nSPS) is 26.8. The zero-order valence-electron chi connectivity index (χ0n) is 7.88. The predicted molar refractivity (Wildman–Crippen MR) is 52.7 cm³/mol. The summed E-state index contributed by atoms with van der Waals surface area (Å²) in [7, 11) is 0. The van der Waals surface area contributed by atoms with Crippen LogP contribution in [0.15, 0.2) is 24.3 Å². The third-order valence-corrected chi connectivity index (χ3v) is 3.04. The minimum atomic E-state index is 0.0470. The molecule has 0 saturated carbocycles. The number of aromatic hydroxyl groups is 1. The van der Waals surface area contributed by atoms with E-state index in [4.69, 9.17) is 0 Å². The molecule has 1 aliphatic rings. The van der Waals surface area contributed by atoms with Gasteiger partial charge in [-0.15, -0.1) is 0 Å². The number of hydrogen-bond donors (Lipinski definition) is 2. The lowest BCUT2D eigenvalue weighted by Gasteiger charge is -2.43. The van der Waals surface area contributed by atoms with Crippen molar-refractivity contribution in [3.63, 3.8) is 0 Å². The standard InChI is InChI=1S/C11H15NO/c1-2-11(7-8-12-11)9-5-3-4-6-10(9)13/h3-6,12-13H,2,7-8H2,1H3. The van der Waals surface area contributed by atoms with Gasteiger partial charge in [0.1, 0.15) is 5.75 Å². The maximum Gasteiger partial charge on any atom is 0.120 e. The molecule has 0 radical (unpaired) electrons. The van der Waals surface area contributed by atoms with Gasteiger partial charge in [-0.25, -0.2) is 0 Å². The molecule has 1 unspecified atom stereocenters. The SMILES string of the molecule is CCC1(c2ccccc2O)CCN1. The number of para-hydroxylation sites is 1. The van der Waals surface area contributed by atoms with Crippen molar-refractivity contribution >= 4 is 0 Å². The number of phenolic OH excluding ortho intramolecular Hbond substituents is 1. The first-order valence-corrected chi connectivity index (χ1v) is 4.82. The highest BCUT2D eigenvalue weighted by molar-refractivity contribution is 5.39. The molecule has 2 nitrogen and oxygen atoms in total. The fourth-order valence-corrected chi connectivity index (χ4v) is 2.03. The fraction of sp³-hybridized carbons (Fsp3) is 0.455. The van der Waals surface area contributed by atoms with E-state index >= 15 is 0 Å². The average Bonchev–Trinajstić information content (AvgIpc) is 2.07. The number of benzene rings is 1. The molecule has 0 bridgehead atoms. The summed E-state index contributed by atoms with van der Waals surface area (Å²) in [5.74, 6) is 0.413. The van der Waals surface area contributed by atoms with Gasteiger partial charge in [-0.3, -0.25) is 0 Å². The molecule has 1 aromatic carbocycles. The quantitative estimate of drug-likeness (QED) is 0.724. The van der Waals surface area contributed by atoms with Gasteiger partial charge < -0.3 is 10.4 Å². The Balaban J connectivity index is 2.38. The van der Waals surface area contributed by atoms with Gasteiger partial charge in [0, 0.05) is 11.1 Å². The molecule has 1 heterocycles. The third-order valence-electron chi connectivity index (χ3n) is 3.04. The Morgan fingerprint density at radius 1 is 1.46 bits per heavy atom. The zero-order chi connectivity index (χ0) is 9.31. The second-order valence-electron chi connectivity index (χ2n) is 3.63. The monoisotopic (exact) mass is 177 g/mol. The highest BCUT2D eigenvalue weighted by Gasteiger charge is 2.37. The molecule has 2 rings (SSSR count). The molecule has 70 valence electrons. The van der Waals surface area contributed by atoms with E-state index in [0.717, 1.165) is 24.9 Å². The van der Waals surface area contributed by atoms with E-state index in [-0.39, 0.29) is 5.54 Å². The topological polar surface area (TPSA) is 32.3 Å². The molecule has 0 aliphatic carbocycles. The van der Waals surface area contributed by atoms with Crippen molar-refractivity contribution in [2.24, 2.45) is 0 Å². The summed E-state index contributed by atoms with van der Waals surface area (Å²) in [6, 6.07) is 7.60. The Hall–Kier alpha value is -1.02. The van der Waals surface area contributed by atoms with Crippen molar-refractivity contribution in [2.45, 2.75) is 25.3 Å². The second kappa shape index (κ2) is 3.04. The molecule has 1 saturated heterocycles. The van der Waals surface area contributed by atoms with Gasteiger partial charge >= 0.3 is 0 Å². The molecular formula is C11H15NO. The summed E-state index contributed by atoms with van der Waals surface area (Å²) in [5, 5.41) is 13.1. The van der Waals surface area contributed by atoms with Crippen LogP contribution in [0.4, 0.5) is 0 Å². The summed E-state index contributed by atoms with van der Waals surface area (Å²) < 4.78 is 0. The largest absolute Gasteiger partial charge is 0.508 e. The Bertz CT molecular complexity index is 299. The maximum atomic E-state index is 9.70. The lowest BCUT2D eigenvalue weighted by atomic mass is 9.78. The minimum absolute atomic E-state index is 0.0470. The highest BCUT2D eigenvalue weighted by atomic mass is 16.3. The van der Waals surface area contributed by atoms with Crippen LogP contribution >= 0.6 is 0 Å². The van der Waals surface area contributed by atoms with Crippen LogP contribution in [0.5, 0.6) is 5.75 Å². The van der Waals surface area contributed by atoms with Crippen LogP contribution in [0.1, 0.15) is 25.3 Å². The van der Waals surface area contributed by atoms with Gasteiger partial charge in [0.15, 0.2) is 0 Å². The van der Waals surface area contributed by atoms with Gasteiger partial charge in [-0.05, 0) is 25.5 Å². The summed E-state index contributed by atoms with van der Waals surface area (Å²) in [6.45, 7) is 3.21. The van der Waals surface area contributed by atoms with E-state index in [0.29, 0.717) is 5.75 Å². The summed E-state index contributed by atoms with van der Waals surface area (Å²) in [4.78, 5) is 0. The van der Waals surface area contributed by atoms with Crippen molar-refractivity contribution < 1.29 is 5.11 Å². The van der Waals surface area contributed by atoms with Crippen molar-refractivity contribution in [1.82, 2.24) is 5.32 Å². The fourth-order valence-electron chi connectivity index (χ4n) is 2.03. The molecule has 0 amide bonds. The van der Waals surface area contributed by atoms with Gasteiger partial charge in [0.2, 0.25) is 0 Å². The molecule has 1 aromatic rings. The average molecular weight is 177 g/mol. The number of hydrogen-bond acceptors (Lipinski definition) is 2. The Kier molecular flexibility index (Phi) is 2.00. The Labute approximate surface area is 78.6 Å². The van der Waals surface area contributed by atoms with Crippen LogP contribution in [0.3, 0.4) is 0 Å². The number of rotatable bonds is 2. The Morgan fingerprint density at radius 3 is 2.62 bits per heavy atom. The van der Waals surface area contributed by atoms with Gasteiger partial charge in [0.25, 0.3) is 0 Å². The zero-order valence-corrected chi connectivity index (χ0v) is 7.88. The van der Waals surface area contributed by atoms with Gasteiger partial charge in [-0.1, -0.05) is 25.1 Å². The van der Waals surface area contributed by atoms with E-state index in [1.807, 2.05) is 18.2 Å². The van der Waals surface area contributed by atoms with Gasteiger partial charge in [0.05, 0.1) is 0 Å². The highest BCUT2D eigenvalue weighted by Crippen LogP contribution is 2.38. The molecule has 2 N–H and O–H groups in total. The van der Waals surface area contributed by atoms with E-state index < -0.39 is 0 Å². The van der Waals surface area contributed by atoms with E-state index in [2.05, 4.69) is 12.2 Å². The predicted octanol–water partition coefficient (Wildman–Crippen LogP) is 1.99. The molecule has 13 heavy (non-hydrogen) atoms. The molecule has 2 heteroatoms. The molecule has 1 atom stereocenters. The molecule has 0 spiro atoms. The summed E-state index contributed by atoms with van der Waals surface area (Å²) in [6.07, 6.45) is 2.16. The number of phenols is 1. The molecule has 0 aromatic heterocycles. The first kappa shape index (κ1) is 8.57. The van der Waals surface area contributed by atoms with Crippen LogP contribution in [0.2, 0.25) is 0 Å². The van der Waals surface area contributed by atoms with Crippen LogP contribution in [0.25, 0.3) is 0 Å².